The van der Waals surface area contributed by atoms with E-state index < -0.39 is 18.4 Å². The molecule has 154 valence electrons. The maximum absolute atomic E-state index is 11.1. The average Bonchev–Trinajstić information content (AvgIpc) is 2.61. The Bertz CT molecular complexity index is 790. The highest BCUT2D eigenvalue weighted by Crippen LogP contribution is 2.36. The zero-order valence-corrected chi connectivity index (χ0v) is 19.1. The molecule has 0 aliphatic heterocycles. The molecule has 6 heteroatoms. The molecule has 0 saturated carbocycles. The summed E-state index contributed by atoms with van der Waals surface area (Å²) >= 11 is 0. The highest BCUT2D eigenvalue weighted by Gasteiger charge is 2.49. The van der Waals surface area contributed by atoms with Gasteiger partial charge in [0.1, 0.15) is 0 Å². The summed E-state index contributed by atoms with van der Waals surface area (Å²) in [6.45, 7) is 9.11. The maximum Gasteiger partial charge on any atom is 0.265 e. The fourth-order valence-corrected chi connectivity index (χ4v) is 9.35. The largest absolute Gasteiger partial charge is 0.407 e. The first-order valence-electron chi connectivity index (χ1n) is 9.76. The lowest BCUT2D eigenvalue weighted by molar-refractivity contribution is 0.280. The Labute approximate surface area is 170 Å². The van der Waals surface area contributed by atoms with Crippen LogP contribution in [-0.4, -0.2) is 33.6 Å². The summed E-state index contributed by atoms with van der Waals surface area (Å²) in [5.41, 5.74) is 0. The third kappa shape index (κ3) is 5.77. The number of hydrogen-bond donors (Lipinski definition) is 1. The summed E-state index contributed by atoms with van der Waals surface area (Å²) in [7, 11) is -6.47. The van der Waals surface area contributed by atoms with Crippen LogP contribution < -0.4 is 10.4 Å². The van der Waals surface area contributed by atoms with Gasteiger partial charge in [-0.25, -0.2) is 0 Å². The molecule has 28 heavy (non-hydrogen) atoms. The average molecular weight is 421 g/mol. The van der Waals surface area contributed by atoms with Crippen molar-refractivity contribution in [1.82, 2.24) is 0 Å². The first kappa shape index (κ1) is 22.8. The normalized spacial score (nSPS) is 14.0. The van der Waals surface area contributed by atoms with Crippen LogP contribution in [0.2, 0.25) is 5.04 Å². The predicted molar refractivity (Wildman–Crippen MR) is 118 cm³/mol. The zero-order valence-electron chi connectivity index (χ0n) is 17.3. The second-order valence-corrected chi connectivity index (χ2v) is 14.3. The summed E-state index contributed by atoms with van der Waals surface area (Å²) in [5, 5.41) is 2.40. The molecule has 0 radical (unpaired) electrons. The van der Waals surface area contributed by atoms with E-state index in [0.29, 0.717) is 13.0 Å². The van der Waals surface area contributed by atoms with Crippen molar-refractivity contribution in [2.45, 2.75) is 45.6 Å². The van der Waals surface area contributed by atoms with Crippen LogP contribution in [0.4, 0.5) is 0 Å². The van der Waals surface area contributed by atoms with Crippen molar-refractivity contribution in [2.75, 3.05) is 12.4 Å². The van der Waals surface area contributed by atoms with Gasteiger partial charge in [-0.3, -0.25) is 4.55 Å². The molecular formula is C22H32O4SSi. The molecule has 4 nitrogen and oxygen atoms in total. The maximum atomic E-state index is 11.1. The molecule has 0 amide bonds. The van der Waals surface area contributed by atoms with E-state index in [-0.39, 0.29) is 16.7 Å². The van der Waals surface area contributed by atoms with Crippen molar-refractivity contribution in [3.05, 3.63) is 60.7 Å². The lowest BCUT2D eigenvalue weighted by Gasteiger charge is -2.43. The van der Waals surface area contributed by atoms with Crippen molar-refractivity contribution in [1.29, 1.82) is 0 Å². The highest BCUT2D eigenvalue weighted by atomic mass is 32.2. The summed E-state index contributed by atoms with van der Waals surface area (Å²) in [4.78, 5) is 0. The van der Waals surface area contributed by atoms with Crippen LogP contribution in [0.3, 0.4) is 0 Å². The monoisotopic (exact) mass is 420 g/mol. The molecule has 1 N–H and O–H groups in total. The summed E-state index contributed by atoms with van der Waals surface area (Å²) < 4.78 is 37.9. The van der Waals surface area contributed by atoms with E-state index in [1.807, 2.05) is 19.1 Å². The van der Waals surface area contributed by atoms with Gasteiger partial charge in [-0.05, 0) is 34.2 Å². The van der Waals surface area contributed by atoms with Crippen LogP contribution in [0.15, 0.2) is 60.7 Å². The van der Waals surface area contributed by atoms with Crippen molar-refractivity contribution in [3.8, 4) is 0 Å². The second-order valence-electron chi connectivity index (χ2n) is 8.51. The minimum atomic E-state index is -3.93. The molecule has 2 rings (SSSR count). The lowest BCUT2D eigenvalue weighted by Crippen LogP contribution is -2.66. The van der Waals surface area contributed by atoms with Crippen LogP contribution >= 0.6 is 0 Å². The van der Waals surface area contributed by atoms with Gasteiger partial charge in [-0.15, -0.1) is 0 Å². The molecular weight excluding hydrogens is 388 g/mol. The Morgan fingerprint density at radius 1 is 0.964 bits per heavy atom. The van der Waals surface area contributed by atoms with Crippen LogP contribution in [0.5, 0.6) is 0 Å². The van der Waals surface area contributed by atoms with Crippen molar-refractivity contribution < 1.29 is 17.4 Å². The molecule has 2 aromatic carbocycles. The van der Waals surface area contributed by atoms with Crippen LogP contribution in [-0.2, 0) is 14.5 Å². The Morgan fingerprint density at radius 3 is 1.82 bits per heavy atom. The van der Waals surface area contributed by atoms with Crippen molar-refractivity contribution in [3.63, 3.8) is 0 Å². The van der Waals surface area contributed by atoms with E-state index >= 15 is 0 Å². The lowest BCUT2D eigenvalue weighted by atomic mass is 10.1. The van der Waals surface area contributed by atoms with Crippen LogP contribution in [0, 0.1) is 5.92 Å². The first-order valence-corrected chi connectivity index (χ1v) is 13.3. The van der Waals surface area contributed by atoms with Gasteiger partial charge in [0.05, 0.1) is 5.75 Å². The molecule has 0 aromatic heterocycles. The van der Waals surface area contributed by atoms with E-state index in [2.05, 4.69) is 69.3 Å². The third-order valence-electron chi connectivity index (χ3n) is 5.07. The highest BCUT2D eigenvalue weighted by molar-refractivity contribution is 7.85. The molecule has 0 heterocycles. The molecule has 0 bridgehead atoms. The van der Waals surface area contributed by atoms with Gasteiger partial charge in [0.25, 0.3) is 18.4 Å². The Hall–Kier alpha value is -1.47. The number of rotatable bonds is 9. The van der Waals surface area contributed by atoms with Gasteiger partial charge in [-0.1, -0.05) is 88.4 Å². The van der Waals surface area contributed by atoms with Gasteiger partial charge < -0.3 is 4.43 Å². The van der Waals surface area contributed by atoms with Crippen LogP contribution in [0.1, 0.15) is 40.5 Å². The van der Waals surface area contributed by atoms with Crippen molar-refractivity contribution >= 4 is 28.8 Å². The fourth-order valence-electron chi connectivity index (χ4n) is 3.86. The Morgan fingerprint density at radius 2 is 1.43 bits per heavy atom. The Kier molecular flexibility index (Phi) is 7.62. The van der Waals surface area contributed by atoms with Crippen molar-refractivity contribution in [2.24, 2.45) is 5.92 Å². The molecule has 2 aromatic rings. The molecule has 0 aliphatic rings. The Balaban J connectivity index is 2.27. The number of hydrogen-bond acceptors (Lipinski definition) is 3. The summed E-state index contributed by atoms with van der Waals surface area (Å²) in [6.07, 6.45) is 1.44. The summed E-state index contributed by atoms with van der Waals surface area (Å²) in [5.74, 6) is -0.301. The smallest absolute Gasteiger partial charge is 0.265 e. The SMILES string of the molecule is CC(CCCO[Si](c1ccccc1)(c1ccccc1)C(C)(C)C)CS(=O)(=O)O. The van der Waals surface area contributed by atoms with Gasteiger partial charge in [0, 0.05) is 6.61 Å². The van der Waals surface area contributed by atoms with E-state index in [1.54, 1.807) is 0 Å². The summed E-state index contributed by atoms with van der Waals surface area (Å²) in [6, 6.07) is 20.9. The molecule has 0 fully saturated rings. The van der Waals surface area contributed by atoms with Gasteiger partial charge in [-0.2, -0.15) is 8.42 Å². The van der Waals surface area contributed by atoms with E-state index in [1.165, 1.54) is 10.4 Å². The minimum absolute atomic E-state index is 0.0737. The van der Waals surface area contributed by atoms with Gasteiger partial charge in [0.2, 0.25) is 0 Å². The molecule has 1 unspecified atom stereocenters. The zero-order chi connectivity index (χ0) is 20.8. The topological polar surface area (TPSA) is 63.6 Å². The number of benzene rings is 2. The predicted octanol–water partition coefficient (Wildman–Crippen LogP) is 3.87. The van der Waals surface area contributed by atoms with E-state index in [0.717, 1.165) is 6.42 Å². The van der Waals surface area contributed by atoms with E-state index in [9.17, 15) is 8.42 Å². The van der Waals surface area contributed by atoms with Gasteiger partial charge >= 0.3 is 0 Å². The molecule has 0 spiro atoms. The quantitative estimate of drug-likeness (QED) is 0.380. The standard InChI is InChI=1S/C22H32O4SSi/c1-19(18-27(23,24)25)12-11-17-26-28(22(2,3)4,20-13-7-5-8-14-20)21-15-9-6-10-16-21/h5-10,13-16,19H,11-12,17-18H2,1-4H3,(H,23,24,25). The fraction of sp³-hybridized carbons (Fsp3) is 0.455. The molecule has 1 atom stereocenters. The molecule has 0 saturated heterocycles. The van der Waals surface area contributed by atoms with Gasteiger partial charge in [0.15, 0.2) is 0 Å². The first-order chi connectivity index (χ1) is 13.1. The minimum Gasteiger partial charge on any atom is -0.407 e. The van der Waals surface area contributed by atoms with Crippen LogP contribution in [0.25, 0.3) is 0 Å². The second kappa shape index (κ2) is 9.35. The third-order valence-corrected chi connectivity index (χ3v) is 11.1. The van der Waals surface area contributed by atoms with E-state index in [4.69, 9.17) is 8.98 Å². The molecule has 0 aliphatic carbocycles.